The largest absolute Gasteiger partial charge is 0.343 e. The zero-order valence-corrected chi connectivity index (χ0v) is 14.9. The number of benzene rings is 1. The van der Waals surface area contributed by atoms with Crippen LogP contribution in [0.4, 0.5) is 0 Å². The lowest BCUT2D eigenvalue weighted by molar-refractivity contribution is -0.132. The second kappa shape index (κ2) is 8.45. The van der Waals surface area contributed by atoms with Crippen molar-refractivity contribution in [3.05, 3.63) is 35.2 Å². The van der Waals surface area contributed by atoms with Gasteiger partial charge in [0, 0.05) is 36.5 Å². The molecular weight excluding hydrogens is 340 g/mol. The highest BCUT2D eigenvalue weighted by atomic mass is 35.5. The van der Waals surface area contributed by atoms with Crippen LogP contribution in [0.25, 0.3) is 11.4 Å². The van der Waals surface area contributed by atoms with Gasteiger partial charge in [-0.15, -0.1) is 0 Å². The van der Waals surface area contributed by atoms with Crippen LogP contribution < -0.4 is 5.73 Å². The normalized spacial score (nSPS) is 15.5. The number of amides is 1. The van der Waals surface area contributed by atoms with Crippen molar-refractivity contribution in [2.45, 2.75) is 32.1 Å². The Morgan fingerprint density at radius 2 is 2.00 bits per heavy atom. The standard InChI is InChI=1S/C18H23ClN4O2/c19-15-6-4-14(5-7-15)18-21-16(25-22-18)2-1-3-17(24)23-10-8-13(12-20)9-11-23/h4-7,13H,1-3,8-12,20H2. The van der Waals surface area contributed by atoms with Gasteiger partial charge >= 0.3 is 0 Å². The lowest BCUT2D eigenvalue weighted by Crippen LogP contribution is -2.39. The molecule has 0 atom stereocenters. The molecule has 25 heavy (non-hydrogen) atoms. The minimum absolute atomic E-state index is 0.202. The maximum absolute atomic E-state index is 12.3. The van der Waals surface area contributed by atoms with Crippen LogP contribution in [0.3, 0.4) is 0 Å². The Labute approximate surface area is 152 Å². The van der Waals surface area contributed by atoms with Gasteiger partial charge < -0.3 is 15.2 Å². The fraction of sp³-hybridized carbons (Fsp3) is 0.500. The molecule has 1 saturated heterocycles. The molecule has 1 aromatic carbocycles. The molecule has 0 unspecified atom stereocenters. The average Bonchev–Trinajstić information content (AvgIpc) is 3.11. The Bertz CT molecular complexity index is 693. The third kappa shape index (κ3) is 4.80. The van der Waals surface area contributed by atoms with Gasteiger partial charge in [-0.05, 0) is 56.0 Å². The number of nitrogens with zero attached hydrogens (tertiary/aromatic N) is 3. The predicted molar refractivity (Wildman–Crippen MR) is 96.0 cm³/mol. The van der Waals surface area contributed by atoms with E-state index in [1.54, 1.807) is 12.1 Å². The van der Waals surface area contributed by atoms with E-state index in [9.17, 15) is 4.79 Å². The van der Waals surface area contributed by atoms with Crippen LogP contribution in [0, 0.1) is 5.92 Å². The van der Waals surface area contributed by atoms with Crippen molar-refractivity contribution in [1.29, 1.82) is 0 Å². The molecule has 0 bridgehead atoms. The van der Waals surface area contributed by atoms with Gasteiger partial charge in [-0.2, -0.15) is 4.98 Å². The molecule has 0 saturated carbocycles. The molecule has 1 aliphatic rings. The van der Waals surface area contributed by atoms with Crippen LogP contribution in [0.1, 0.15) is 31.6 Å². The number of carbonyl (C=O) groups is 1. The summed E-state index contributed by atoms with van der Waals surface area (Å²) >= 11 is 5.88. The summed E-state index contributed by atoms with van der Waals surface area (Å²) in [5.74, 6) is 1.86. The second-order valence-corrected chi connectivity index (χ2v) is 6.87. The lowest BCUT2D eigenvalue weighted by atomic mass is 9.97. The van der Waals surface area contributed by atoms with E-state index in [-0.39, 0.29) is 5.91 Å². The van der Waals surface area contributed by atoms with Gasteiger partial charge in [-0.3, -0.25) is 4.79 Å². The summed E-state index contributed by atoms with van der Waals surface area (Å²) < 4.78 is 5.27. The maximum Gasteiger partial charge on any atom is 0.226 e. The second-order valence-electron chi connectivity index (χ2n) is 6.43. The van der Waals surface area contributed by atoms with Crippen LogP contribution in [-0.2, 0) is 11.2 Å². The van der Waals surface area contributed by atoms with Crippen molar-refractivity contribution in [3.63, 3.8) is 0 Å². The first-order valence-corrected chi connectivity index (χ1v) is 9.10. The quantitative estimate of drug-likeness (QED) is 0.853. The maximum atomic E-state index is 12.3. The molecule has 0 radical (unpaired) electrons. The first-order chi connectivity index (χ1) is 12.2. The first-order valence-electron chi connectivity index (χ1n) is 8.72. The summed E-state index contributed by atoms with van der Waals surface area (Å²) in [6.45, 7) is 2.36. The minimum Gasteiger partial charge on any atom is -0.343 e. The van der Waals surface area contributed by atoms with Crippen molar-refractivity contribution in [3.8, 4) is 11.4 Å². The summed E-state index contributed by atoms with van der Waals surface area (Å²) in [4.78, 5) is 18.6. The number of hydrogen-bond acceptors (Lipinski definition) is 5. The SMILES string of the molecule is NCC1CCN(C(=O)CCCc2nc(-c3ccc(Cl)cc3)no2)CC1. The Morgan fingerprint density at radius 3 is 2.68 bits per heavy atom. The van der Waals surface area contributed by atoms with Crippen LogP contribution in [0.2, 0.25) is 5.02 Å². The Balaban J connectivity index is 1.45. The number of aryl methyl sites for hydroxylation is 1. The number of halogens is 1. The Morgan fingerprint density at radius 1 is 1.28 bits per heavy atom. The summed E-state index contributed by atoms with van der Waals surface area (Å²) in [7, 11) is 0. The molecular formula is C18H23ClN4O2. The molecule has 1 aromatic heterocycles. The summed E-state index contributed by atoms with van der Waals surface area (Å²) in [5, 5.41) is 4.65. The molecule has 0 spiro atoms. The van der Waals surface area contributed by atoms with E-state index in [4.69, 9.17) is 21.9 Å². The molecule has 7 heteroatoms. The number of hydrogen-bond donors (Lipinski definition) is 1. The van der Waals surface area contributed by atoms with Crippen molar-refractivity contribution in [2.75, 3.05) is 19.6 Å². The smallest absolute Gasteiger partial charge is 0.226 e. The number of nitrogens with two attached hydrogens (primary N) is 1. The van der Waals surface area contributed by atoms with Gasteiger partial charge in [-0.1, -0.05) is 16.8 Å². The first kappa shape index (κ1) is 17.9. The fourth-order valence-corrected chi connectivity index (χ4v) is 3.17. The number of carbonyl (C=O) groups excluding carboxylic acids is 1. The van der Waals surface area contributed by atoms with E-state index in [2.05, 4.69) is 10.1 Å². The highest BCUT2D eigenvalue weighted by Gasteiger charge is 2.21. The van der Waals surface area contributed by atoms with Gasteiger partial charge in [0.1, 0.15) is 0 Å². The molecule has 6 nitrogen and oxygen atoms in total. The van der Waals surface area contributed by atoms with Crippen molar-refractivity contribution < 1.29 is 9.32 Å². The molecule has 2 N–H and O–H groups in total. The predicted octanol–water partition coefficient (Wildman–Crippen LogP) is 2.91. The Kier molecular flexibility index (Phi) is 6.04. The summed E-state index contributed by atoms with van der Waals surface area (Å²) in [6, 6.07) is 7.29. The molecule has 2 heterocycles. The number of likely N-dealkylation sites (tertiary alicyclic amines) is 1. The van der Waals surface area contributed by atoms with Crippen LogP contribution in [0.15, 0.2) is 28.8 Å². The average molecular weight is 363 g/mol. The number of piperidine rings is 1. The minimum atomic E-state index is 0.202. The lowest BCUT2D eigenvalue weighted by Gasteiger charge is -2.31. The molecule has 1 aliphatic heterocycles. The van der Waals surface area contributed by atoms with Gasteiger partial charge in [0.15, 0.2) is 0 Å². The van der Waals surface area contributed by atoms with E-state index >= 15 is 0 Å². The van der Waals surface area contributed by atoms with Gasteiger partial charge in [0.25, 0.3) is 0 Å². The molecule has 2 aromatic rings. The third-order valence-corrected chi connectivity index (χ3v) is 4.90. The third-order valence-electron chi connectivity index (χ3n) is 4.65. The van der Waals surface area contributed by atoms with Crippen LogP contribution in [-0.4, -0.2) is 40.6 Å². The van der Waals surface area contributed by atoms with E-state index in [0.29, 0.717) is 41.9 Å². The molecule has 0 aliphatic carbocycles. The van der Waals surface area contributed by atoms with E-state index < -0.39 is 0 Å². The fourth-order valence-electron chi connectivity index (χ4n) is 3.04. The van der Waals surface area contributed by atoms with E-state index in [1.807, 2.05) is 17.0 Å². The van der Waals surface area contributed by atoms with Gasteiger partial charge in [0.2, 0.25) is 17.6 Å². The van der Waals surface area contributed by atoms with Crippen molar-refractivity contribution in [1.82, 2.24) is 15.0 Å². The van der Waals surface area contributed by atoms with Gasteiger partial charge in [0.05, 0.1) is 0 Å². The highest BCUT2D eigenvalue weighted by Crippen LogP contribution is 2.20. The number of aromatic nitrogens is 2. The highest BCUT2D eigenvalue weighted by molar-refractivity contribution is 6.30. The Hall–Kier alpha value is -1.92. The van der Waals surface area contributed by atoms with Crippen LogP contribution in [0.5, 0.6) is 0 Å². The van der Waals surface area contributed by atoms with Crippen LogP contribution >= 0.6 is 11.6 Å². The zero-order chi connectivity index (χ0) is 17.6. The summed E-state index contributed by atoms with van der Waals surface area (Å²) in [5.41, 5.74) is 6.55. The van der Waals surface area contributed by atoms with Crippen molar-refractivity contribution in [2.24, 2.45) is 11.7 Å². The number of rotatable bonds is 6. The monoisotopic (exact) mass is 362 g/mol. The van der Waals surface area contributed by atoms with E-state index in [1.165, 1.54) is 0 Å². The molecule has 1 amide bonds. The molecule has 1 fully saturated rings. The zero-order valence-electron chi connectivity index (χ0n) is 14.2. The van der Waals surface area contributed by atoms with Gasteiger partial charge in [-0.25, -0.2) is 0 Å². The van der Waals surface area contributed by atoms with E-state index in [0.717, 1.165) is 38.0 Å². The molecule has 134 valence electrons. The van der Waals surface area contributed by atoms with Crippen molar-refractivity contribution >= 4 is 17.5 Å². The topological polar surface area (TPSA) is 85.2 Å². The summed E-state index contributed by atoms with van der Waals surface area (Å²) in [6.07, 6.45) is 3.84. The molecule has 3 rings (SSSR count).